The van der Waals surface area contributed by atoms with E-state index in [1.165, 1.54) is 19.3 Å². The number of aromatic nitrogens is 1. The van der Waals surface area contributed by atoms with Crippen LogP contribution in [-0.2, 0) is 4.79 Å². The molecule has 2 N–H and O–H groups in total. The Hall–Kier alpha value is -2.31. The summed E-state index contributed by atoms with van der Waals surface area (Å²) in [5.74, 6) is 2.42. The Morgan fingerprint density at radius 2 is 2.07 bits per heavy atom. The Morgan fingerprint density at radius 3 is 2.79 bits per heavy atom. The molecule has 1 saturated heterocycles. The summed E-state index contributed by atoms with van der Waals surface area (Å²) in [6, 6.07) is 6.73. The molecule has 3 rings (SSSR count). The number of pyridine rings is 1. The summed E-state index contributed by atoms with van der Waals surface area (Å²) in [5, 5.41) is 7.19. The molecule has 0 aromatic carbocycles. The van der Waals surface area contributed by atoms with Gasteiger partial charge in [0.05, 0.1) is 0 Å². The Bertz CT molecular complexity index is 662. The maximum Gasteiger partial charge on any atom is 0.243 e. The molecule has 7 heteroatoms. The predicted octanol–water partition coefficient (Wildman–Crippen LogP) is 1.86. The highest BCUT2D eigenvalue weighted by Gasteiger charge is 2.27. The van der Waals surface area contributed by atoms with Crippen molar-refractivity contribution in [2.24, 2.45) is 10.9 Å². The maximum absolute atomic E-state index is 12.0. The van der Waals surface area contributed by atoms with Crippen molar-refractivity contribution < 1.29 is 4.79 Å². The lowest BCUT2D eigenvalue weighted by atomic mass is 9.86. The predicted molar refractivity (Wildman–Crippen MR) is 114 cm³/mol. The molecule has 3 unspecified atom stereocenters. The van der Waals surface area contributed by atoms with E-state index in [1.54, 1.807) is 19.0 Å². The van der Waals surface area contributed by atoms with Gasteiger partial charge in [-0.05, 0) is 37.3 Å². The number of carbonyl (C=O) groups excluding carboxylic acids is 1. The standard InChI is InChI=1S/C21H34N6O/c1-16-8-4-5-9-18(16)25-21(23-14-20(28)26(2)3)24-17-11-13-27(15-17)19-10-6-7-12-22-19/h6-7,10,12,16-18H,4-5,8-9,11,13-15H2,1-3H3,(H2,23,24,25). The monoisotopic (exact) mass is 386 g/mol. The molecule has 2 fully saturated rings. The molecule has 7 nitrogen and oxygen atoms in total. The summed E-state index contributed by atoms with van der Waals surface area (Å²) in [5.41, 5.74) is 0. The Morgan fingerprint density at radius 1 is 1.25 bits per heavy atom. The first-order chi connectivity index (χ1) is 13.5. The third kappa shape index (κ3) is 5.59. The zero-order chi connectivity index (χ0) is 19.9. The molecule has 1 aliphatic heterocycles. The SMILES string of the molecule is CC1CCCCC1NC(=NCC(=O)N(C)C)NC1CCN(c2ccccn2)C1. The lowest BCUT2D eigenvalue weighted by Crippen LogP contribution is -2.51. The molecule has 0 bridgehead atoms. The van der Waals surface area contributed by atoms with E-state index in [0.717, 1.165) is 37.7 Å². The number of carbonyl (C=O) groups is 1. The van der Waals surface area contributed by atoms with E-state index in [-0.39, 0.29) is 12.5 Å². The summed E-state index contributed by atoms with van der Waals surface area (Å²) < 4.78 is 0. The lowest BCUT2D eigenvalue weighted by Gasteiger charge is -2.31. The number of hydrogen-bond donors (Lipinski definition) is 2. The first-order valence-electron chi connectivity index (χ1n) is 10.5. The van der Waals surface area contributed by atoms with Crippen LogP contribution in [0, 0.1) is 5.92 Å². The second kappa shape index (κ2) is 9.75. The summed E-state index contributed by atoms with van der Waals surface area (Å²) in [4.78, 5) is 25.0. The number of rotatable bonds is 5. The summed E-state index contributed by atoms with van der Waals surface area (Å²) in [6.45, 7) is 4.33. The van der Waals surface area contributed by atoms with Gasteiger partial charge in [0.1, 0.15) is 12.4 Å². The van der Waals surface area contributed by atoms with Gasteiger partial charge in [-0.1, -0.05) is 25.8 Å². The molecule has 0 spiro atoms. The molecule has 2 aliphatic rings. The average Bonchev–Trinajstić information content (AvgIpc) is 3.16. The van der Waals surface area contributed by atoms with E-state index >= 15 is 0 Å². The van der Waals surface area contributed by atoms with Crippen LogP contribution in [0.5, 0.6) is 0 Å². The molecular formula is C21H34N6O. The van der Waals surface area contributed by atoms with Gasteiger partial charge < -0.3 is 20.4 Å². The summed E-state index contributed by atoms with van der Waals surface area (Å²) in [6.07, 6.45) is 7.83. The smallest absolute Gasteiger partial charge is 0.243 e. The number of nitrogens with zero attached hydrogens (tertiary/aromatic N) is 4. The Labute approximate surface area is 168 Å². The van der Waals surface area contributed by atoms with Crippen LogP contribution in [0.3, 0.4) is 0 Å². The highest BCUT2D eigenvalue weighted by atomic mass is 16.2. The molecule has 1 aromatic rings. The van der Waals surface area contributed by atoms with E-state index in [4.69, 9.17) is 0 Å². The number of guanidine groups is 1. The fraction of sp³-hybridized carbons (Fsp3) is 0.667. The number of amides is 1. The molecule has 0 radical (unpaired) electrons. The third-order valence-electron chi connectivity index (χ3n) is 5.81. The van der Waals surface area contributed by atoms with Crippen molar-refractivity contribution in [1.29, 1.82) is 0 Å². The topological polar surface area (TPSA) is 72.9 Å². The van der Waals surface area contributed by atoms with Gasteiger partial charge in [-0.25, -0.2) is 9.98 Å². The largest absolute Gasteiger partial charge is 0.354 e. The molecule has 1 saturated carbocycles. The van der Waals surface area contributed by atoms with Gasteiger partial charge in [-0.15, -0.1) is 0 Å². The normalized spacial score (nSPS) is 25.5. The van der Waals surface area contributed by atoms with Crippen molar-refractivity contribution in [3.8, 4) is 0 Å². The number of likely N-dealkylation sites (N-methyl/N-ethyl adjacent to an activating group) is 1. The Balaban J connectivity index is 1.63. The van der Waals surface area contributed by atoms with E-state index < -0.39 is 0 Å². The van der Waals surface area contributed by atoms with Crippen molar-refractivity contribution in [3.63, 3.8) is 0 Å². The van der Waals surface area contributed by atoms with E-state index in [0.29, 0.717) is 18.0 Å². The van der Waals surface area contributed by atoms with Crippen LogP contribution >= 0.6 is 0 Å². The van der Waals surface area contributed by atoms with E-state index in [1.807, 2.05) is 18.3 Å². The van der Waals surface area contributed by atoms with Crippen molar-refractivity contribution in [2.45, 2.75) is 51.1 Å². The second-order valence-electron chi connectivity index (χ2n) is 8.23. The van der Waals surface area contributed by atoms with Crippen LogP contribution in [0.2, 0.25) is 0 Å². The number of nitrogens with one attached hydrogen (secondary N) is 2. The first kappa shape index (κ1) is 20.4. The van der Waals surface area contributed by atoms with Crippen molar-refractivity contribution in [1.82, 2.24) is 20.5 Å². The lowest BCUT2D eigenvalue weighted by molar-refractivity contribution is -0.127. The molecule has 1 amide bonds. The minimum Gasteiger partial charge on any atom is -0.354 e. The minimum atomic E-state index is 0.0133. The van der Waals surface area contributed by atoms with Crippen LogP contribution in [0.1, 0.15) is 39.0 Å². The molecule has 2 heterocycles. The molecular weight excluding hydrogens is 352 g/mol. The molecule has 28 heavy (non-hydrogen) atoms. The zero-order valence-corrected chi connectivity index (χ0v) is 17.4. The van der Waals surface area contributed by atoms with Crippen molar-refractivity contribution in [3.05, 3.63) is 24.4 Å². The summed E-state index contributed by atoms with van der Waals surface area (Å²) >= 11 is 0. The van der Waals surface area contributed by atoms with Gasteiger partial charge in [0, 0.05) is 45.5 Å². The van der Waals surface area contributed by atoms with Crippen LogP contribution in [0.15, 0.2) is 29.4 Å². The average molecular weight is 387 g/mol. The quantitative estimate of drug-likeness (QED) is 0.597. The number of hydrogen-bond acceptors (Lipinski definition) is 4. The second-order valence-corrected chi connectivity index (χ2v) is 8.23. The van der Waals surface area contributed by atoms with Gasteiger partial charge in [0.25, 0.3) is 0 Å². The van der Waals surface area contributed by atoms with Crippen LogP contribution in [-0.4, -0.2) is 67.6 Å². The third-order valence-corrected chi connectivity index (χ3v) is 5.81. The van der Waals surface area contributed by atoms with Crippen LogP contribution in [0.25, 0.3) is 0 Å². The molecule has 1 aliphatic carbocycles. The highest BCUT2D eigenvalue weighted by molar-refractivity contribution is 5.85. The molecule has 154 valence electrons. The van der Waals surface area contributed by atoms with Gasteiger partial charge in [0.15, 0.2) is 5.96 Å². The van der Waals surface area contributed by atoms with Gasteiger partial charge in [-0.3, -0.25) is 4.79 Å². The Kier molecular flexibility index (Phi) is 7.12. The fourth-order valence-electron chi connectivity index (χ4n) is 3.95. The van der Waals surface area contributed by atoms with Gasteiger partial charge in [0.2, 0.25) is 5.91 Å². The molecule has 1 aromatic heterocycles. The van der Waals surface area contributed by atoms with Crippen LogP contribution < -0.4 is 15.5 Å². The van der Waals surface area contributed by atoms with E-state index in [2.05, 4.69) is 38.5 Å². The number of aliphatic imine (C=N–C) groups is 1. The number of anilines is 1. The molecule has 3 atom stereocenters. The van der Waals surface area contributed by atoms with Crippen LogP contribution in [0.4, 0.5) is 5.82 Å². The van der Waals surface area contributed by atoms with Crippen molar-refractivity contribution >= 4 is 17.7 Å². The zero-order valence-electron chi connectivity index (χ0n) is 17.4. The highest BCUT2D eigenvalue weighted by Crippen LogP contribution is 2.24. The van der Waals surface area contributed by atoms with E-state index in [9.17, 15) is 4.79 Å². The maximum atomic E-state index is 12.0. The minimum absolute atomic E-state index is 0.0133. The fourth-order valence-corrected chi connectivity index (χ4v) is 3.95. The first-order valence-corrected chi connectivity index (χ1v) is 10.5. The summed E-state index contributed by atoms with van der Waals surface area (Å²) in [7, 11) is 3.53. The van der Waals surface area contributed by atoms with Gasteiger partial charge in [-0.2, -0.15) is 0 Å². The van der Waals surface area contributed by atoms with Gasteiger partial charge >= 0.3 is 0 Å². The van der Waals surface area contributed by atoms with Crippen molar-refractivity contribution in [2.75, 3.05) is 38.6 Å².